The van der Waals surface area contributed by atoms with Crippen LogP contribution < -0.4 is 5.43 Å². The molecule has 1 aliphatic rings. The summed E-state index contributed by atoms with van der Waals surface area (Å²) in [5, 5.41) is 2.33. The predicted molar refractivity (Wildman–Crippen MR) is 98.5 cm³/mol. The maximum atomic E-state index is 3.85. The summed E-state index contributed by atoms with van der Waals surface area (Å²) < 4.78 is 0. The maximum absolute atomic E-state index is 3.85. The van der Waals surface area contributed by atoms with Crippen molar-refractivity contribution in [2.45, 2.75) is 12.0 Å². The summed E-state index contributed by atoms with van der Waals surface area (Å²) in [6.07, 6.45) is 1.25. The van der Waals surface area contributed by atoms with Gasteiger partial charge >= 0.3 is 0 Å². The van der Waals surface area contributed by atoms with Crippen molar-refractivity contribution in [2.75, 3.05) is 13.1 Å². The van der Waals surface area contributed by atoms with Gasteiger partial charge in [-0.15, -0.1) is 0 Å². The van der Waals surface area contributed by atoms with E-state index in [1.807, 2.05) is 0 Å². The van der Waals surface area contributed by atoms with E-state index in [9.17, 15) is 0 Å². The van der Waals surface area contributed by atoms with Gasteiger partial charge in [-0.1, -0.05) is 91.0 Å². The second-order valence-corrected chi connectivity index (χ2v) is 6.30. The number of rotatable bonds is 5. The molecule has 4 rings (SSSR count). The van der Waals surface area contributed by atoms with Crippen LogP contribution in [0.3, 0.4) is 0 Å². The second kappa shape index (κ2) is 6.60. The lowest BCUT2D eigenvalue weighted by Gasteiger charge is -2.44. The number of nitrogens with one attached hydrogen (secondary N) is 1. The lowest BCUT2D eigenvalue weighted by molar-refractivity contribution is 0.0710. The smallest absolute Gasteiger partial charge is 0.107 e. The van der Waals surface area contributed by atoms with Crippen molar-refractivity contribution in [3.8, 4) is 0 Å². The minimum absolute atomic E-state index is 0.371. The lowest BCUT2D eigenvalue weighted by atomic mass is 9.77. The van der Waals surface area contributed by atoms with Crippen molar-refractivity contribution >= 4 is 0 Å². The van der Waals surface area contributed by atoms with Gasteiger partial charge in [0.25, 0.3) is 0 Å². The summed E-state index contributed by atoms with van der Waals surface area (Å²) in [7, 11) is 0. The largest absolute Gasteiger partial charge is 0.243 e. The molecule has 3 aromatic rings. The van der Waals surface area contributed by atoms with Gasteiger partial charge in [0.15, 0.2) is 0 Å². The number of hydrazine groups is 1. The molecule has 0 aliphatic carbocycles. The summed E-state index contributed by atoms with van der Waals surface area (Å²) in [6, 6.07) is 32.2. The van der Waals surface area contributed by atoms with Crippen LogP contribution in [0.25, 0.3) is 0 Å². The van der Waals surface area contributed by atoms with Gasteiger partial charge < -0.3 is 0 Å². The van der Waals surface area contributed by atoms with E-state index in [2.05, 4.69) is 101 Å². The Kier molecular flexibility index (Phi) is 4.16. The van der Waals surface area contributed by atoms with E-state index in [0.717, 1.165) is 13.1 Å². The zero-order valence-electron chi connectivity index (χ0n) is 13.7. The average Bonchev–Trinajstić information content (AvgIpc) is 2.64. The molecule has 1 heterocycles. The van der Waals surface area contributed by atoms with Crippen molar-refractivity contribution in [3.05, 3.63) is 108 Å². The molecule has 0 spiro atoms. The van der Waals surface area contributed by atoms with Crippen molar-refractivity contribution < 1.29 is 0 Å². The highest BCUT2D eigenvalue weighted by Crippen LogP contribution is 2.37. The van der Waals surface area contributed by atoms with E-state index in [4.69, 9.17) is 0 Å². The number of hydrogen-bond donors (Lipinski definition) is 1. The fraction of sp³-hybridized carbons (Fsp3) is 0.182. The fourth-order valence-corrected chi connectivity index (χ4v) is 3.42. The Morgan fingerprint density at radius 3 is 1.25 bits per heavy atom. The standard InChI is InChI=1S/C22H22N2/c1-4-11-19(12-5-1)22(23-24-17-10-18-24,20-13-6-2-7-14-20)21-15-8-3-9-16-21/h1-9,11-16,23H,10,17-18H2. The molecule has 0 amide bonds. The normalized spacial score (nSPS) is 15.0. The first-order valence-corrected chi connectivity index (χ1v) is 8.59. The molecular weight excluding hydrogens is 292 g/mol. The monoisotopic (exact) mass is 314 g/mol. The van der Waals surface area contributed by atoms with E-state index in [1.165, 1.54) is 23.1 Å². The predicted octanol–water partition coefficient (Wildman–Crippen LogP) is 4.19. The molecule has 0 saturated carbocycles. The molecule has 24 heavy (non-hydrogen) atoms. The van der Waals surface area contributed by atoms with Crippen LogP contribution in [0.5, 0.6) is 0 Å². The van der Waals surface area contributed by atoms with E-state index in [0.29, 0.717) is 0 Å². The van der Waals surface area contributed by atoms with Crippen LogP contribution >= 0.6 is 0 Å². The number of hydrogen-bond acceptors (Lipinski definition) is 2. The molecule has 2 heteroatoms. The van der Waals surface area contributed by atoms with Gasteiger partial charge in [-0.25, -0.2) is 10.4 Å². The molecule has 1 aliphatic heterocycles. The van der Waals surface area contributed by atoms with Gasteiger partial charge in [0.1, 0.15) is 5.54 Å². The summed E-state index contributed by atoms with van der Waals surface area (Å²) in [5.74, 6) is 0. The molecule has 0 bridgehead atoms. The van der Waals surface area contributed by atoms with Gasteiger partial charge in [0.2, 0.25) is 0 Å². The summed E-state index contributed by atoms with van der Waals surface area (Å²) in [5.41, 5.74) is 7.25. The Labute approximate surface area is 143 Å². The molecule has 3 aromatic carbocycles. The van der Waals surface area contributed by atoms with E-state index < -0.39 is 0 Å². The minimum Gasteiger partial charge on any atom is -0.243 e. The Morgan fingerprint density at radius 2 is 0.958 bits per heavy atom. The van der Waals surface area contributed by atoms with Crippen molar-refractivity contribution in [1.82, 2.24) is 10.4 Å². The second-order valence-electron chi connectivity index (χ2n) is 6.30. The molecule has 0 atom stereocenters. The fourth-order valence-electron chi connectivity index (χ4n) is 3.42. The minimum atomic E-state index is -0.371. The SMILES string of the molecule is c1ccc(C(NN2CCC2)(c2ccccc2)c2ccccc2)cc1. The third kappa shape index (κ3) is 2.64. The van der Waals surface area contributed by atoms with Gasteiger partial charge in [-0.2, -0.15) is 0 Å². The molecule has 0 unspecified atom stereocenters. The maximum Gasteiger partial charge on any atom is 0.107 e. The quantitative estimate of drug-likeness (QED) is 0.710. The number of nitrogens with zero attached hydrogens (tertiary/aromatic N) is 1. The van der Waals surface area contributed by atoms with E-state index >= 15 is 0 Å². The van der Waals surface area contributed by atoms with Crippen LogP contribution in [-0.4, -0.2) is 18.1 Å². The Morgan fingerprint density at radius 1 is 0.583 bits per heavy atom. The van der Waals surface area contributed by atoms with Crippen LogP contribution in [0, 0.1) is 0 Å². The first kappa shape index (κ1) is 15.1. The molecule has 1 N–H and O–H groups in total. The topological polar surface area (TPSA) is 15.3 Å². The average molecular weight is 314 g/mol. The molecular formula is C22H22N2. The molecule has 0 radical (unpaired) electrons. The van der Waals surface area contributed by atoms with Gasteiger partial charge in [0.05, 0.1) is 0 Å². The molecule has 0 aromatic heterocycles. The van der Waals surface area contributed by atoms with Crippen molar-refractivity contribution in [3.63, 3.8) is 0 Å². The summed E-state index contributed by atoms with van der Waals surface area (Å²) in [4.78, 5) is 0. The summed E-state index contributed by atoms with van der Waals surface area (Å²) >= 11 is 0. The van der Waals surface area contributed by atoms with Crippen LogP contribution in [0.15, 0.2) is 91.0 Å². The van der Waals surface area contributed by atoms with E-state index in [-0.39, 0.29) is 5.54 Å². The van der Waals surface area contributed by atoms with E-state index in [1.54, 1.807) is 0 Å². The lowest BCUT2D eigenvalue weighted by Crippen LogP contribution is -2.58. The van der Waals surface area contributed by atoms with Crippen molar-refractivity contribution in [1.29, 1.82) is 0 Å². The third-order valence-electron chi connectivity index (χ3n) is 4.80. The molecule has 120 valence electrons. The highest BCUT2D eigenvalue weighted by atomic mass is 15.6. The van der Waals surface area contributed by atoms with Crippen LogP contribution in [-0.2, 0) is 5.54 Å². The zero-order valence-corrected chi connectivity index (χ0v) is 13.7. The van der Waals surface area contributed by atoms with Crippen LogP contribution in [0.2, 0.25) is 0 Å². The Bertz CT molecular complexity index is 668. The highest BCUT2D eigenvalue weighted by Gasteiger charge is 2.38. The third-order valence-corrected chi connectivity index (χ3v) is 4.80. The first-order chi connectivity index (χ1) is 11.9. The van der Waals surface area contributed by atoms with Gasteiger partial charge in [0, 0.05) is 13.1 Å². The molecule has 2 nitrogen and oxygen atoms in total. The summed E-state index contributed by atoms with van der Waals surface area (Å²) in [6.45, 7) is 2.18. The van der Waals surface area contributed by atoms with Gasteiger partial charge in [-0.05, 0) is 23.1 Å². The highest BCUT2D eigenvalue weighted by molar-refractivity contribution is 5.49. The molecule has 1 fully saturated rings. The molecule has 1 saturated heterocycles. The van der Waals surface area contributed by atoms with Crippen LogP contribution in [0.4, 0.5) is 0 Å². The first-order valence-electron chi connectivity index (χ1n) is 8.59. The zero-order chi connectivity index (χ0) is 16.2. The van der Waals surface area contributed by atoms with Crippen molar-refractivity contribution in [2.24, 2.45) is 0 Å². The Hall–Kier alpha value is -2.42. The van der Waals surface area contributed by atoms with Crippen LogP contribution in [0.1, 0.15) is 23.1 Å². The number of benzene rings is 3. The Balaban J connectivity index is 1.95. The van der Waals surface area contributed by atoms with Gasteiger partial charge in [-0.3, -0.25) is 0 Å².